The summed E-state index contributed by atoms with van der Waals surface area (Å²) in [6.07, 6.45) is 1.79. The Balaban J connectivity index is 1.97. The number of ether oxygens (including phenoxy) is 2. The Kier molecular flexibility index (Phi) is 4.01. The number of nitrogens with one attached hydrogen (secondary N) is 1. The molecule has 5 heteroatoms. The second-order valence-corrected chi connectivity index (χ2v) is 4.92. The van der Waals surface area contributed by atoms with E-state index in [0.717, 1.165) is 35.1 Å². The van der Waals surface area contributed by atoms with Crippen molar-refractivity contribution >= 4 is 0 Å². The van der Waals surface area contributed by atoms with Crippen LogP contribution in [0.4, 0.5) is 0 Å². The molecule has 0 saturated carbocycles. The highest BCUT2D eigenvalue weighted by molar-refractivity contribution is 5.46. The Morgan fingerprint density at radius 3 is 2.76 bits per heavy atom. The van der Waals surface area contributed by atoms with Crippen LogP contribution in [-0.4, -0.2) is 29.7 Å². The van der Waals surface area contributed by atoms with Crippen LogP contribution in [0, 0.1) is 6.92 Å². The normalized spacial score (nSPS) is 14.8. The SMILES string of the molecule is CCNC(c1ccc2c(c1)OCCO2)c1ccnc(C)n1. The molecule has 2 aromatic rings. The zero-order valence-corrected chi connectivity index (χ0v) is 12.3. The third-order valence-electron chi connectivity index (χ3n) is 3.40. The smallest absolute Gasteiger partial charge is 0.161 e. The van der Waals surface area contributed by atoms with E-state index in [1.165, 1.54) is 0 Å². The molecular weight excluding hydrogens is 266 g/mol. The quantitative estimate of drug-likeness (QED) is 0.933. The van der Waals surface area contributed by atoms with Gasteiger partial charge in [-0.1, -0.05) is 13.0 Å². The van der Waals surface area contributed by atoms with Crippen LogP contribution in [0.1, 0.15) is 30.0 Å². The molecule has 2 heterocycles. The zero-order valence-electron chi connectivity index (χ0n) is 12.3. The van der Waals surface area contributed by atoms with Crippen molar-refractivity contribution in [2.45, 2.75) is 19.9 Å². The topological polar surface area (TPSA) is 56.3 Å². The van der Waals surface area contributed by atoms with E-state index < -0.39 is 0 Å². The first-order valence-electron chi connectivity index (χ1n) is 7.20. The Morgan fingerprint density at radius 1 is 1.19 bits per heavy atom. The van der Waals surface area contributed by atoms with Gasteiger partial charge in [0.05, 0.1) is 11.7 Å². The molecule has 3 rings (SSSR count). The van der Waals surface area contributed by atoms with Gasteiger partial charge in [0.15, 0.2) is 11.5 Å². The van der Waals surface area contributed by atoms with E-state index in [2.05, 4.69) is 28.3 Å². The van der Waals surface area contributed by atoms with Crippen LogP contribution >= 0.6 is 0 Å². The van der Waals surface area contributed by atoms with Crippen molar-refractivity contribution in [3.8, 4) is 11.5 Å². The van der Waals surface area contributed by atoms with Crippen molar-refractivity contribution in [2.75, 3.05) is 19.8 Å². The molecule has 5 nitrogen and oxygen atoms in total. The molecule has 1 unspecified atom stereocenters. The third kappa shape index (κ3) is 2.97. The Hall–Kier alpha value is -2.14. The molecule has 1 atom stereocenters. The molecule has 0 fully saturated rings. The van der Waals surface area contributed by atoms with Crippen LogP contribution in [0.15, 0.2) is 30.5 Å². The minimum atomic E-state index is 0.0209. The lowest BCUT2D eigenvalue weighted by atomic mass is 10.0. The van der Waals surface area contributed by atoms with Gasteiger partial charge < -0.3 is 14.8 Å². The van der Waals surface area contributed by atoms with E-state index in [4.69, 9.17) is 9.47 Å². The molecule has 0 amide bonds. The first kappa shape index (κ1) is 13.8. The summed E-state index contributed by atoms with van der Waals surface area (Å²) >= 11 is 0. The molecule has 0 saturated heterocycles. The molecule has 0 bridgehead atoms. The lowest BCUT2D eigenvalue weighted by molar-refractivity contribution is 0.171. The lowest BCUT2D eigenvalue weighted by Gasteiger charge is -2.22. The number of benzene rings is 1. The van der Waals surface area contributed by atoms with Crippen molar-refractivity contribution in [3.05, 3.63) is 47.5 Å². The summed E-state index contributed by atoms with van der Waals surface area (Å²) in [4.78, 5) is 8.70. The molecule has 0 aliphatic carbocycles. The van der Waals surface area contributed by atoms with Gasteiger partial charge in [-0.05, 0) is 37.2 Å². The first-order valence-corrected chi connectivity index (χ1v) is 7.20. The Bertz CT molecular complexity index is 631. The molecule has 1 N–H and O–H groups in total. The van der Waals surface area contributed by atoms with Crippen LogP contribution in [-0.2, 0) is 0 Å². The summed E-state index contributed by atoms with van der Waals surface area (Å²) in [6, 6.07) is 8.00. The van der Waals surface area contributed by atoms with Crippen molar-refractivity contribution in [2.24, 2.45) is 0 Å². The lowest BCUT2D eigenvalue weighted by Crippen LogP contribution is -2.24. The van der Waals surface area contributed by atoms with Crippen LogP contribution in [0.3, 0.4) is 0 Å². The van der Waals surface area contributed by atoms with Gasteiger partial charge in [0, 0.05) is 6.20 Å². The van der Waals surface area contributed by atoms with Crippen molar-refractivity contribution < 1.29 is 9.47 Å². The number of aromatic nitrogens is 2. The maximum atomic E-state index is 5.67. The van der Waals surface area contributed by atoms with Gasteiger partial charge in [0.25, 0.3) is 0 Å². The summed E-state index contributed by atoms with van der Waals surface area (Å²) in [5.74, 6) is 2.37. The summed E-state index contributed by atoms with van der Waals surface area (Å²) < 4.78 is 11.2. The second kappa shape index (κ2) is 6.10. The summed E-state index contributed by atoms with van der Waals surface area (Å²) in [7, 11) is 0. The highest BCUT2D eigenvalue weighted by Crippen LogP contribution is 2.33. The largest absolute Gasteiger partial charge is 0.486 e. The monoisotopic (exact) mass is 285 g/mol. The van der Waals surface area contributed by atoms with Gasteiger partial charge >= 0.3 is 0 Å². The number of nitrogens with zero attached hydrogens (tertiary/aromatic N) is 2. The second-order valence-electron chi connectivity index (χ2n) is 4.92. The molecule has 1 aliphatic rings. The Morgan fingerprint density at radius 2 is 2.00 bits per heavy atom. The Labute approximate surface area is 124 Å². The first-order chi connectivity index (χ1) is 10.3. The zero-order chi connectivity index (χ0) is 14.7. The molecule has 1 aliphatic heterocycles. The van der Waals surface area contributed by atoms with E-state index in [1.54, 1.807) is 6.20 Å². The fourth-order valence-corrected chi connectivity index (χ4v) is 2.47. The number of aryl methyl sites for hydroxylation is 1. The van der Waals surface area contributed by atoms with E-state index >= 15 is 0 Å². The van der Waals surface area contributed by atoms with E-state index in [9.17, 15) is 0 Å². The molecule has 110 valence electrons. The predicted molar refractivity (Wildman–Crippen MR) is 79.7 cm³/mol. The minimum Gasteiger partial charge on any atom is -0.486 e. The highest BCUT2D eigenvalue weighted by atomic mass is 16.6. The summed E-state index contributed by atoms with van der Waals surface area (Å²) in [6.45, 7) is 6.03. The van der Waals surface area contributed by atoms with Crippen LogP contribution < -0.4 is 14.8 Å². The average Bonchev–Trinajstić information content (AvgIpc) is 2.52. The van der Waals surface area contributed by atoms with Gasteiger partial charge in [0.2, 0.25) is 0 Å². The maximum absolute atomic E-state index is 5.67. The standard InChI is InChI=1S/C16H19N3O2/c1-3-17-16(13-6-7-18-11(2)19-13)12-4-5-14-15(10-12)21-9-8-20-14/h4-7,10,16-17H,3,8-9H2,1-2H3. The number of hydrogen-bond donors (Lipinski definition) is 1. The highest BCUT2D eigenvalue weighted by Gasteiger charge is 2.19. The maximum Gasteiger partial charge on any atom is 0.161 e. The van der Waals surface area contributed by atoms with Gasteiger partial charge in [0.1, 0.15) is 19.0 Å². The van der Waals surface area contributed by atoms with Gasteiger partial charge in [-0.15, -0.1) is 0 Å². The fraction of sp³-hybridized carbons (Fsp3) is 0.375. The third-order valence-corrected chi connectivity index (χ3v) is 3.40. The summed E-state index contributed by atoms with van der Waals surface area (Å²) in [5.41, 5.74) is 2.07. The van der Waals surface area contributed by atoms with Gasteiger partial charge in [-0.2, -0.15) is 0 Å². The molecule has 0 radical (unpaired) electrons. The number of hydrogen-bond acceptors (Lipinski definition) is 5. The van der Waals surface area contributed by atoms with E-state index in [-0.39, 0.29) is 6.04 Å². The van der Waals surface area contributed by atoms with Gasteiger partial charge in [-0.3, -0.25) is 0 Å². The van der Waals surface area contributed by atoms with Crippen molar-refractivity contribution in [1.29, 1.82) is 0 Å². The predicted octanol–water partition coefficient (Wildman–Crippen LogP) is 2.26. The molecule has 1 aromatic carbocycles. The number of fused-ring (bicyclic) bond motifs is 1. The van der Waals surface area contributed by atoms with Crippen LogP contribution in [0.2, 0.25) is 0 Å². The average molecular weight is 285 g/mol. The van der Waals surface area contributed by atoms with Crippen LogP contribution in [0.5, 0.6) is 11.5 Å². The molecule has 21 heavy (non-hydrogen) atoms. The molecular formula is C16H19N3O2. The molecule has 1 aromatic heterocycles. The van der Waals surface area contributed by atoms with Gasteiger partial charge in [-0.25, -0.2) is 9.97 Å². The summed E-state index contributed by atoms with van der Waals surface area (Å²) in [5, 5.41) is 3.46. The fourth-order valence-electron chi connectivity index (χ4n) is 2.47. The van der Waals surface area contributed by atoms with Crippen molar-refractivity contribution in [3.63, 3.8) is 0 Å². The minimum absolute atomic E-state index is 0.0209. The molecule has 0 spiro atoms. The van der Waals surface area contributed by atoms with Crippen molar-refractivity contribution in [1.82, 2.24) is 15.3 Å². The van der Waals surface area contributed by atoms with Crippen LogP contribution in [0.25, 0.3) is 0 Å². The van der Waals surface area contributed by atoms with E-state index in [0.29, 0.717) is 13.2 Å². The van der Waals surface area contributed by atoms with E-state index in [1.807, 2.05) is 25.1 Å². The number of rotatable bonds is 4.